The summed E-state index contributed by atoms with van der Waals surface area (Å²) in [7, 11) is 1.85. The number of nitrogens with zero attached hydrogens (tertiary/aromatic N) is 2. The summed E-state index contributed by atoms with van der Waals surface area (Å²) >= 11 is 3.50. The number of benzene rings is 1. The fourth-order valence-electron chi connectivity index (χ4n) is 2.23. The predicted octanol–water partition coefficient (Wildman–Crippen LogP) is 3.22. The van der Waals surface area contributed by atoms with Gasteiger partial charge in [-0.3, -0.25) is 4.68 Å². The number of H-pyrrole nitrogens is 1. The third-order valence-corrected chi connectivity index (χ3v) is 3.61. The van der Waals surface area contributed by atoms with Crippen LogP contribution in [0.4, 0.5) is 5.82 Å². The molecular formula is C13H13BrN4. The lowest BCUT2D eigenvalue weighted by molar-refractivity contribution is 0.782. The Balaban J connectivity index is 2.33. The van der Waals surface area contributed by atoms with Crippen molar-refractivity contribution in [3.8, 4) is 11.3 Å². The van der Waals surface area contributed by atoms with Crippen molar-refractivity contribution in [1.82, 2.24) is 14.8 Å². The summed E-state index contributed by atoms with van der Waals surface area (Å²) in [6.45, 7) is 2.05. The highest BCUT2D eigenvalue weighted by atomic mass is 79.9. The Hall–Kier alpha value is -1.75. The second-order valence-corrected chi connectivity index (χ2v) is 5.31. The Labute approximate surface area is 113 Å². The van der Waals surface area contributed by atoms with Crippen LogP contribution in [0.1, 0.15) is 5.69 Å². The van der Waals surface area contributed by atoms with Crippen LogP contribution in [0.5, 0.6) is 0 Å². The summed E-state index contributed by atoms with van der Waals surface area (Å²) < 4.78 is 2.74. The van der Waals surface area contributed by atoms with Crippen LogP contribution in [-0.4, -0.2) is 14.8 Å². The predicted molar refractivity (Wildman–Crippen MR) is 77.4 cm³/mol. The minimum Gasteiger partial charge on any atom is -0.384 e. The highest BCUT2D eigenvalue weighted by molar-refractivity contribution is 9.10. The fraction of sp³-hybridized carbons (Fsp3) is 0.154. The Morgan fingerprint density at radius 2 is 2.11 bits per heavy atom. The molecule has 0 aliphatic carbocycles. The molecule has 0 saturated carbocycles. The molecule has 0 atom stereocenters. The van der Waals surface area contributed by atoms with Gasteiger partial charge in [0.15, 0.2) is 0 Å². The zero-order valence-corrected chi connectivity index (χ0v) is 11.7. The number of nitrogens with one attached hydrogen (secondary N) is 1. The standard InChI is InChI=1S/C13H13BrN4/c1-7-13(11-6-12(15)18(2)17-11)9-5-8(14)3-4-10(9)16-7/h3-6,16H,15H2,1-2H3. The number of aromatic amines is 1. The van der Waals surface area contributed by atoms with E-state index in [0.717, 1.165) is 32.3 Å². The van der Waals surface area contributed by atoms with Crippen LogP contribution >= 0.6 is 15.9 Å². The second kappa shape index (κ2) is 3.88. The molecule has 0 saturated heterocycles. The number of nitrogens with two attached hydrogens (primary N) is 1. The van der Waals surface area contributed by atoms with Crippen molar-refractivity contribution >= 4 is 32.7 Å². The lowest BCUT2D eigenvalue weighted by atomic mass is 10.1. The van der Waals surface area contributed by atoms with Gasteiger partial charge in [0.05, 0.1) is 5.69 Å². The van der Waals surface area contributed by atoms with E-state index in [1.807, 2.05) is 26.1 Å². The SMILES string of the molecule is Cc1[nH]c2ccc(Br)cc2c1-c1cc(N)n(C)n1. The highest BCUT2D eigenvalue weighted by Gasteiger charge is 2.14. The van der Waals surface area contributed by atoms with E-state index in [1.165, 1.54) is 0 Å². The number of rotatable bonds is 1. The van der Waals surface area contributed by atoms with Gasteiger partial charge in [-0.1, -0.05) is 15.9 Å². The average molecular weight is 305 g/mol. The number of hydrogen-bond acceptors (Lipinski definition) is 2. The van der Waals surface area contributed by atoms with E-state index in [2.05, 4.69) is 38.1 Å². The number of aryl methyl sites for hydroxylation is 2. The fourth-order valence-corrected chi connectivity index (χ4v) is 2.59. The van der Waals surface area contributed by atoms with Crippen molar-refractivity contribution in [1.29, 1.82) is 0 Å². The van der Waals surface area contributed by atoms with Crippen LogP contribution in [-0.2, 0) is 7.05 Å². The van der Waals surface area contributed by atoms with Crippen LogP contribution in [0.15, 0.2) is 28.7 Å². The average Bonchev–Trinajstić information content (AvgIpc) is 2.79. The largest absolute Gasteiger partial charge is 0.384 e. The molecule has 0 aliphatic rings. The summed E-state index contributed by atoms with van der Waals surface area (Å²) in [6.07, 6.45) is 0. The lowest BCUT2D eigenvalue weighted by Crippen LogP contribution is -1.96. The quantitative estimate of drug-likeness (QED) is 0.725. The molecule has 2 heterocycles. The molecule has 92 valence electrons. The third kappa shape index (κ3) is 1.62. The maximum Gasteiger partial charge on any atom is 0.121 e. The molecule has 4 nitrogen and oxygen atoms in total. The van der Waals surface area contributed by atoms with E-state index in [4.69, 9.17) is 5.73 Å². The van der Waals surface area contributed by atoms with Crippen LogP contribution < -0.4 is 5.73 Å². The van der Waals surface area contributed by atoms with Gasteiger partial charge in [0.25, 0.3) is 0 Å². The Bertz CT molecular complexity index is 719. The van der Waals surface area contributed by atoms with Crippen molar-refractivity contribution in [2.75, 3.05) is 5.73 Å². The minimum absolute atomic E-state index is 0.661. The van der Waals surface area contributed by atoms with Gasteiger partial charge in [0.2, 0.25) is 0 Å². The molecule has 2 aromatic heterocycles. The number of fused-ring (bicyclic) bond motifs is 1. The lowest BCUT2D eigenvalue weighted by Gasteiger charge is -1.97. The first kappa shape index (κ1) is 11.3. The number of hydrogen-bond donors (Lipinski definition) is 2. The number of anilines is 1. The number of halogens is 1. The molecule has 0 radical (unpaired) electrons. The van der Waals surface area contributed by atoms with Gasteiger partial charge in [-0.25, -0.2) is 0 Å². The van der Waals surface area contributed by atoms with Crippen molar-refractivity contribution in [2.45, 2.75) is 6.92 Å². The van der Waals surface area contributed by atoms with E-state index in [9.17, 15) is 0 Å². The second-order valence-electron chi connectivity index (χ2n) is 4.39. The van der Waals surface area contributed by atoms with E-state index >= 15 is 0 Å². The normalized spacial score (nSPS) is 11.3. The van der Waals surface area contributed by atoms with Gasteiger partial charge < -0.3 is 10.7 Å². The van der Waals surface area contributed by atoms with Crippen LogP contribution in [0.2, 0.25) is 0 Å². The van der Waals surface area contributed by atoms with Crippen molar-refractivity contribution in [2.24, 2.45) is 7.05 Å². The molecule has 0 amide bonds. The first-order valence-corrected chi connectivity index (χ1v) is 6.43. The van der Waals surface area contributed by atoms with Crippen LogP contribution in [0, 0.1) is 6.92 Å². The molecule has 0 aliphatic heterocycles. The van der Waals surface area contributed by atoms with E-state index in [-0.39, 0.29) is 0 Å². The third-order valence-electron chi connectivity index (χ3n) is 3.12. The highest BCUT2D eigenvalue weighted by Crippen LogP contribution is 2.33. The molecule has 0 fully saturated rings. The van der Waals surface area contributed by atoms with Gasteiger partial charge in [-0.15, -0.1) is 0 Å². The van der Waals surface area contributed by atoms with Gasteiger partial charge in [-0.05, 0) is 25.1 Å². The zero-order chi connectivity index (χ0) is 12.9. The zero-order valence-electron chi connectivity index (χ0n) is 10.2. The van der Waals surface area contributed by atoms with Gasteiger partial charge in [0, 0.05) is 39.7 Å². The smallest absolute Gasteiger partial charge is 0.121 e. The van der Waals surface area contributed by atoms with Crippen molar-refractivity contribution < 1.29 is 0 Å². The van der Waals surface area contributed by atoms with E-state index < -0.39 is 0 Å². The Kier molecular flexibility index (Phi) is 2.45. The van der Waals surface area contributed by atoms with Gasteiger partial charge >= 0.3 is 0 Å². The Morgan fingerprint density at radius 3 is 2.78 bits per heavy atom. The maximum atomic E-state index is 5.85. The minimum atomic E-state index is 0.661. The molecule has 0 spiro atoms. The van der Waals surface area contributed by atoms with Crippen LogP contribution in [0.3, 0.4) is 0 Å². The molecule has 3 N–H and O–H groups in total. The van der Waals surface area contributed by atoms with Crippen molar-refractivity contribution in [3.63, 3.8) is 0 Å². The first-order chi connectivity index (χ1) is 8.56. The maximum absolute atomic E-state index is 5.85. The summed E-state index contributed by atoms with van der Waals surface area (Å²) in [5.41, 5.74) is 10.1. The summed E-state index contributed by atoms with van der Waals surface area (Å²) in [5, 5.41) is 5.60. The molecule has 0 bridgehead atoms. The Morgan fingerprint density at radius 1 is 1.33 bits per heavy atom. The number of aromatic nitrogens is 3. The van der Waals surface area contributed by atoms with Gasteiger partial charge in [-0.2, -0.15) is 5.10 Å². The first-order valence-electron chi connectivity index (χ1n) is 5.64. The molecular weight excluding hydrogens is 292 g/mol. The van der Waals surface area contributed by atoms with E-state index in [0.29, 0.717) is 5.82 Å². The molecule has 0 unspecified atom stereocenters. The van der Waals surface area contributed by atoms with Crippen LogP contribution in [0.25, 0.3) is 22.2 Å². The molecule has 18 heavy (non-hydrogen) atoms. The van der Waals surface area contributed by atoms with Crippen molar-refractivity contribution in [3.05, 3.63) is 34.4 Å². The summed E-state index contributed by atoms with van der Waals surface area (Å²) in [5.74, 6) is 0.661. The summed E-state index contributed by atoms with van der Waals surface area (Å²) in [6, 6.07) is 8.08. The van der Waals surface area contributed by atoms with E-state index in [1.54, 1.807) is 4.68 Å². The molecule has 1 aromatic carbocycles. The molecule has 3 aromatic rings. The number of nitrogen functional groups attached to an aromatic ring is 1. The summed E-state index contributed by atoms with van der Waals surface area (Å²) in [4.78, 5) is 3.37. The monoisotopic (exact) mass is 304 g/mol. The molecule has 5 heteroatoms. The molecule has 3 rings (SSSR count). The van der Waals surface area contributed by atoms with Gasteiger partial charge in [0.1, 0.15) is 5.82 Å². The topological polar surface area (TPSA) is 59.6 Å².